The van der Waals surface area contributed by atoms with E-state index in [2.05, 4.69) is 4.98 Å². The van der Waals surface area contributed by atoms with Gasteiger partial charge in [-0.3, -0.25) is 9.59 Å². The van der Waals surface area contributed by atoms with Crippen LogP contribution in [0.25, 0.3) is 0 Å². The lowest BCUT2D eigenvalue weighted by Gasteiger charge is -2.22. The van der Waals surface area contributed by atoms with Crippen molar-refractivity contribution in [1.29, 1.82) is 0 Å². The Morgan fingerprint density at radius 1 is 1.26 bits per heavy atom. The number of carbonyl (C=O) groups is 1. The number of aromatic nitrogens is 1. The molecule has 0 saturated carbocycles. The van der Waals surface area contributed by atoms with Crippen molar-refractivity contribution in [3.8, 4) is 0 Å². The molecule has 1 unspecified atom stereocenters. The van der Waals surface area contributed by atoms with Gasteiger partial charge in [0.1, 0.15) is 0 Å². The van der Waals surface area contributed by atoms with Crippen LogP contribution in [0, 0.1) is 6.92 Å². The van der Waals surface area contributed by atoms with E-state index in [1.165, 1.54) is 31.2 Å². The van der Waals surface area contributed by atoms with Gasteiger partial charge in [-0.2, -0.15) is 13.2 Å². The number of halogens is 4. The fourth-order valence-electron chi connectivity index (χ4n) is 2.04. The maximum absolute atomic E-state index is 13.2. The average molecular weight is 345 g/mol. The van der Waals surface area contributed by atoms with Crippen LogP contribution in [0.3, 0.4) is 0 Å². The SMILES string of the molecule is Cc1cc(=O)[nH]cc1C(=O)NC(c1ccc(Cl)cc1)C(F)(F)F. The molecule has 2 aromatic rings. The molecule has 23 heavy (non-hydrogen) atoms. The molecule has 0 saturated heterocycles. The molecule has 0 bridgehead atoms. The zero-order chi connectivity index (χ0) is 17.2. The largest absolute Gasteiger partial charge is 0.412 e. The molecule has 0 aliphatic rings. The summed E-state index contributed by atoms with van der Waals surface area (Å²) in [6, 6.07) is 3.97. The van der Waals surface area contributed by atoms with Gasteiger partial charge in [0, 0.05) is 17.3 Å². The molecule has 0 aliphatic heterocycles. The highest BCUT2D eigenvalue weighted by atomic mass is 35.5. The molecule has 1 atom stereocenters. The third-order valence-corrected chi connectivity index (χ3v) is 3.43. The quantitative estimate of drug-likeness (QED) is 0.896. The van der Waals surface area contributed by atoms with Gasteiger partial charge < -0.3 is 10.3 Å². The van der Waals surface area contributed by atoms with Gasteiger partial charge in [0.2, 0.25) is 5.56 Å². The van der Waals surface area contributed by atoms with Crippen LogP contribution in [0.5, 0.6) is 0 Å². The predicted molar refractivity (Wildman–Crippen MR) is 79.5 cm³/mol. The van der Waals surface area contributed by atoms with E-state index in [0.717, 1.165) is 12.3 Å². The number of alkyl halides is 3. The number of amides is 1. The van der Waals surface area contributed by atoms with Crippen molar-refractivity contribution in [1.82, 2.24) is 10.3 Å². The van der Waals surface area contributed by atoms with Crippen molar-refractivity contribution >= 4 is 17.5 Å². The van der Waals surface area contributed by atoms with E-state index in [1.54, 1.807) is 0 Å². The minimum atomic E-state index is -4.68. The van der Waals surface area contributed by atoms with Crippen LogP contribution in [0.15, 0.2) is 41.3 Å². The number of hydrogen-bond acceptors (Lipinski definition) is 2. The Morgan fingerprint density at radius 2 is 1.87 bits per heavy atom. The topological polar surface area (TPSA) is 62.0 Å². The number of hydrogen-bond donors (Lipinski definition) is 2. The zero-order valence-electron chi connectivity index (χ0n) is 11.9. The number of pyridine rings is 1. The van der Waals surface area contributed by atoms with Crippen LogP contribution < -0.4 is 10.9 Å². The van der Waals surface area contributed by atoms with E-state index in [-0.39, 0.29) is 21.7 Å². The Balaban J connectivity index is 2.33. The standard InChI is InChI=1S/C15H12ClF3N2O2/c1-8-6-12(22)20-7-11(8)14(23)21-13(15(17,18)19)9-2-4-10(16)5-3-9/h2-7,13H,1H3,(H,20,22)(H,21,23). The summed E-state index contributed by atoms with van der Waals surface area (Å²) in [5, 5.41) is 2.23. The third kappa shape index (κ3) is 4.13. The minimum Gasteiger partial charge on any atom is -0.337 e. The maximum Gasteiger partial charge on any atom is 0.412 e. The number of H-pyrrole nitrogens is 1. The molecule has 1 aromatic carbocycles. The number of aromatic amines is 1. The van der Waals surface area contributed by atoms with Crippen LogP contribution in [-0.4, -0.2) is 17.1 Å². The summed E-state index contributed by atoms with van der Waals surface area (Å²) < 4.78 is 39.7. The van der Waals surface area contributed by atoms with Crippen molar-refractivity contribution in [3.05, 3.63) is 68.6 Å². The van der Waals surface area contributed by atoms with E-state index in [0.29, 0.717) is 0 Å². The summed E-state index contributed by atoms with van der Waals surface area (Å²) in [4.78, 5) is 25.5. The molecule has 1 aromatic heterocycles. The van der Waals surface area contributed by atoms with Crippen molar-refractivity contribution in [2.45, 2.75) is 19.1 Å². The van der Waals surface area contributed by atoms with E-state index in [4.69, 9.17) is 11.6 Å². The molecule has 122 valence electrons. The van der Waals surface area contributed by atoms with Crippen LogP contribution in [0.2, 0.25) is 5.02 Å². The molecule has 0 spiro atoms. The second kappa shape index (κ2) is 6.45. The van der Waals surface area contributed by atoms with Crippen LogP contribution >= 0.6 is 11.6 Å². The summed E-state index contributed by atoms with van der Waals surface area (Å²) >= 11 is 5.67. The monoisotopic (exact) mass is 344 g/mol. The van der Waals surface area contributed by atoms with Gasteiger partial charge in [0.25, 0.3) is 5.91 Å². The Labute approximate surface area is 134 Å². The summed E-state index contributed by atoms with van der Waals surface area (Å²) in [5.74, 6) is -0.934. The second-order valence-corrected chi connectivity index (χ2v) is 5.33. The number of benzene rings is 1. The van der Waals surface area contributed by atoms with E-state index in [9.17, 15) is 22.8 Å². The molecular formula is C15H12ClF3N2O2. The van der Waals surface area contributed by atoms with Crippen LogP contribution in [0.4, 0.5) is 13.2 Å². The summed E-state index contributed by atoms with van der Waals surface area (Å²) in [7, 11) is 0. The third-order valence-electron chi connectivity index (χ3n) is 3.18. The molecule has 0 aliphatic carbocycles. The number of rotatable bonds is 3. The lowest BCUT2D eigenvalue weighted by Crippen LogP contribution is -2.38. The van der Waals surface area contributed by atoms with E-state index in [1.807, 2.05) is 5.32 Å². The first-order valence-electron chi connectivity index (χ1n) is 6.51. The summed E-state index contributed by atoms with van der Waals surface area (Å²) in [6.07, 6.45) is -3.60. The van der Waals surface area contributed by atoms with Gasteiger partial charge in [0.05, 0.1) is 5.56 Å². The van der Waals surface area contributed by atoms with Crippen molar-refractivity contribution in [2.24, 2.45) is 0 Å². The van der Waals surface area contributed by atoms with Gasteiger partial charge in [-0.1, -0.05) is 23.7 Å². The molecule has 8 heteroatoms. The normalized spacial score (nSPS) is 12.7. The average Bonchev–Trinajstić information content (AvgIpc) is 2.44. The summed E-state index contributed by atoms with van der Waals surface area (Å²) in [5.41, 5.74) is -0.336. The molecule has 1 amide bonds. The number of aryl methyl sites for hydroxylation is 1. The highest BCUT2D eigenvalue weighted by molar-refractivity contribution is 6.30. The van der Waals surface area contributed by atoms with Gasteiger partial charge in [-0.05, 0) is 30.2 Å². The van der Waals surface area contributed by atoms with E-state index < -0.39 is 23.7 Å². The van der Waals surface area contributed by atoms with Crippen LogP contribution in [0.1, 0.15) is 27.5 Å². The Bertz CT molecular complexity index is 770. The zero-order valence-corrected chi connectivity index (χ0v) is 12.6. The molecule has 1 heterocycles. The Morgan fingerprint density at radius 3 is 2.39 bits per heavy atom. The molecule has 2 rings (SSSR count). The lowest BCUT2D eigenvalue weighted by atomic mass is 10.1. The Hall–Kier alpha value is -2.28. The molecule has 0 radical (unpaired) electrons. The first-order valence-corrected chi connectivity index (χ1v) is 6.88. The maximum atomic E-state index is 13.2. The van der Waals surface area contributed by atoms with Crippen LogP contribution in [-0.2, 0) is 0 Å². The highest BCUT2D eigenvalue weighted by Crippen LogP contribution is 2.33. The number of nitrogens with one attached hydrogen (secondary N) is 2. The molecule has 0 fully saturated rings. The smallest absolute Gasteiger partial charge is 0.337 e. The van der Waals surface area contributed by atoms with E-state index >= 15 is 0 Å². The second-order valence-electron chi connectivity index (χ2n) is 4.89. The van der Waals surface area contributed by atoms with Gasteiger partial charge >= 0.3 is 6.18 Å². The van der Waals surface area contributed by atoms with Crippen molar-refractivity contribution in [3.63, 3.8) is 0 Å². The first kappa shape index (κ1) is 17.1. The molecule has 4 nitrogen and oxygen atoms in total. The Kier molecular flexibility index (Phi) is 4.79. The van der Waals surface area contributed by atoms with Crippen molar-refractivity contribution in [2.75, 3.05) is 0 Å². The predicted octanol–water partition coefficient (Wildman–Crippen LogP) is 3.37. The molecular weight excluding hydrogens is 333 g/mol. The fourth-order valence-corrected chi connectivity index (χ4v) is 2.16. The van der Waals surface area contributed by atoms with Gasteiger partial charge in [0.15, 0.2) is 6.04 Å². The minimum absolute atomic E-state index is 0.0344. The lowest BCUT2D eigenvalue weighted by molar-refractivity contribution is -0.155. The number of carbonyl (C=O) groups excluding carboxylic acids is 1. The van der Waals surface area contributed by atoms with Crippen molar-refractivity contribution < 1.29 is 18.0 Å². The first-order chi connectivity index (χ1) is 10.7. The van der Waals surface area contributed by atoms with Gasteiger partial charge in [-0.15, -0.1) is 0 Å². The van der Waals surface area contributed by atoms with Gasteiger partial charge in [-0.25, -0.2) is 0 Å². The fraction of sp³-hybridized carbons (Fsp3) is 0.200. The highest BCUT2D eigenvalue weighted by Gasteiger charge is 2.42. The summed E-state index contributed by atoms with van der Waals surface area (Å²) in [6.45, 7) is 1.47. The molecule has 2 N–H and O–H groups in total.